The van der Waals surface area contributed by atoms with Crippen LogP contribution >= 0.6 is 11.8 Å². The molecule has 0 bridgehead atoms. The zero-order valence-corrected chi connectivity index (χ0v) is 15.9. The third-order valence-corrected chi connectivity index (χ3v) is 5.12. The number of nitrogens with one attached hydrogen (secondary N) is 1. The highest BCUT2D eigenvalue weighted by Crippen LogP contribution is 2.25. The van der Waals surface area contributed by atoms with Gasteiger partial charge in [-0.05, 0) is 38.7 Å². The second-order valence-corrected chi connectivity index (χ2v) is 7.56. The summed E-state index contributed by atoms with van der Waals surface area (Å²) < 4.78 is 0. The standard InChI is InChI=1S/C19H23N3O3S/c1-14(26-17-11-9-16(10-12-17)22(24)25)19(23)20-13-18(21(2)3)15-7-5-4-6-8-15/h4-12,14,18H,13H2,1-3H3,(H,20,23). The Bertz CT molecular complexity index is 735. The number of likely N-dealkylation sites (N-methyl/N-ethyl adjacent to an activating group) is 1. The molecule has 0 heterocycles. The number of carbonyl (C=O) groups is 1. The molecular formula is C19H23N3O3S. The largest absolute Gasteiger partial charge is 0.353 e. The van der Waals surface area contributed by atoms with E-state index in [2.05, 4.69) is 10.2 Å². The summed E-state index contributed by atoms with van der Waals surface area (Å²) in [4.78, 5) is 25.6. The van der Waals surface area contributed by atoms with Gasteiger partial charge in [0.25, 0.3) is 5.69 Å². The van der Waals surface area contributed by atoms with E-state index in [-0.39, 0.29) is 22.9 Å². The molecule has 0 aliphatic heterocycles. The van der Waals surface area contributed by atoms with Crippen LogP contribution in [0.1, 0.15) is 18.5 Å². The van der Waals surface area contributed by atoms with E-state index in [4.69, 9.17) is 0 Å². The van der Waals surface area contributed by atoms with E-state index in [1.165, 1.54) is 23.9 Å². The summed E-state index contributed by atoms with van der Waals surface area (Å²) >= 11 is 1.38. The lowest BCUT2D eigenvalue weighted by atomic mass is 10.1. The number of thioether (sulfide) groups is 1. The van der Waals surface area contributed by atoms with Gasteiger partial charge in [-0.1, -0.05) is 30.3 Å². The van der Waals surface area contributed by atoms with Gasteiger partial charge in [-0.3, -0.25) is 14.9 Å². The first-order chi connectivity index (χ1) is 12.4. The summed E-state index contributed by atoms with van der Waals surface area (Å²) in [6.07, 6.45) is 0. The second kappa shape index (κ2) is 9.35. The van der Waals surface area contributed by atoms with Gasteiger partial charge in [-0.2, -0.15) is 0 Å². The second-order valence-electron chi connectivity index (χ2n) is 6.15. The van der Waals surface area contributed by atoms with Crippen LogP contribution in [0.2, 0.25) is 0 Å². The van der Waals surface area contributed by atoms with Crippen molar-refractivity contribution in [3.63, 3.8) is 0 Å². The zero-order valence-electron chi connectivity index (χ0n) is 15.1. The highest BCUT2D eigenvalue weighted by molar-refractivity contribution is 8.00. The number of rotatable bonds is 8. The Morgan fingerprint density at radius 1 is 1.15 bits per heavy atom. The molecule has 0 fully saturated rings. The van der Waals surface area contributed by atoms with Gasteiger partial charge < -0.3 is 10.2 Å². The molecule has 2 rings (SSSR count). The number of hydrogen-bond donors (Lipinski definition) is 1. The number of nitro groups is 1. The zero-order chi connectivity index (χ0) is 19.1. The summed E-state index contributed by atoms with van der Waals surface area (Å²) in [5, 5.41) is 13.4. The predicted molar refractivity (Wildman–Crippen MR) is 104 cm³/mol. The molecule has 2 atom stereocenters. The van der Waals surface area contributed by atoms with Gasteiger partial charge in [0.15, 0.2) is 0 Å². The lowest BCUT2D eigenvalue weighted by Crippen LogP contribution is -2.38. The third kappa shape index (κ3) is 5.57. The number of nitrogens with zero attached hydrogens (tertiary/aromatic N) is 2. The van der Waals surface area contributed by atoms with Crippen molar-refractivity contribution in [1.82, 2.24) is 10.2 Å². The molecule has 2 aromatic carbocycles. The van der Waals surface area contributed by atoms with Gasteiger partial charge in [-0.15, -0.1) is 11.8 Å². The average molecular weight is 373 g/mol. The molecule has 2 unspecified atom stereocenters. The third-order valence-electron chi connectivity index (χ3n) is 4.01. The molecule has 0 saturated carbocycles. The maximum atomic E-state index is 12.4. The number of carbonyl (C=O) groups excluding carboxylic acids is 1. The van der Waals surface area contributed by atoms with Crippen LogP contribution in [0.3, 0.4) is 0 Å². The number of hydrogen-bond acceptors (Lipinski definition) is 5. The Balaban J connectivity index is 1.92. The topological polar surface area (TPSA) is 75.5 Å². The quantitative estimate of drug-likeness (QED) is 0.435. The molecule has 0 aliphatic carbocycles. The Kier molecular flexibility index (Phi) is 7.17. The fourth-order valence-corrected chi connectivity index (χ4v) is 3.41. The van der Waals surface area contributed by atoms with Crippen LogP contribution in [0.25, 0.3) is 0 Å². The maximum absolute atomic E-state index is 12.4. The van der Waals surface area contributed by atoms with Crippen molar-refractivity contribution in [2.45, 2.75) is 23.1 Å². The Labute approximate surface area is 157 Å². The van der Waals surface area contributed by atoms with Crippen LogP contribution in [-0.4, -0.2) is 41.6 Å². The Morgan fingerprint density at radius 3 is 2.31 bits per heavy atom. The van der Waals surface area contributed by atoms with Gasteiger partial charge >= 0.3 is 0 Å². The smallest absolute Gasteiger partial charge is 0.269 e. The molecule has 6 nitrogen and oxygen atoms in total. The number of amides is 1. The first kappa shape index (κ1) is 19.9. The van der Waals surface area contributed by atoms with E-state index >= 15 is 0 Å². The summed E-state index contributed by atoms with van der Waals surface area (Å²) in [5.41, 5.74) is 1.19. The van der Waals surface area contributed by atoms with Crippen molar-refractivity contribution in [2.75, 3.05) is 20.6 Å². The lowest BCUT2D eigenvalue weighted by Gasteiger charge is -2.25. The lowest BCUT2D eigenvalue weighted by molar-refractivity contribution is -0.384. The fourth-order valence-electron chi connectivity index (χ4n) is 2.52. The minimum atomic E-state index is -0.435. The van der Waals surface area contributed by atoms with Crippen LogP contribution in [0, 0.1) is 10.1 Å². The van der Waals surface area contributed by atoms with Crippen LogP contribution in [-0.2, 0) is 4.79 Å². The Hall–Kier alpha value is -2.38. The van der Waals surface area contributed by atoms with Crippen molar-refractivity contribution in [3.8, 4) is 0 Å². The highest BCUT2D eigenvalue weighted by atomic mass is 32.2. The first-order valence-corrected chi connectivity index (χ1v) is 9.16. The van der Waals surface area contributed by atoms with Crippen molar-refractivity contribution in [2.24, 2.45) is 0 Å². The van der Waals surface area contributed by atoms with E-state index in [0.717, 1.165) is 10.5 Å². The van der Waals surface area contributed by atoms with E-state index in [1.807, 2.05) is 51.4 Å². The monoisotopic (exact) mass is 373 g/mol. The Morgan fingerprint density at radius 2 is 1.77 bits per heavy atom. The predicted octanol–water partition coefficient (Wildman–Crippen LogP) is 3.49. The molecule has 1 N–H and O–H groups in total. The summed E-state index contributed by atoms with van der Waals surface area (Å²) in [6, 6.07) is 16.4. The minimum absolute atomic E-state index is 0.0446. The molecule has 138 valence electrons. The van der Waals surface area contributed by atoms with Crippen molar-refractivity contribution < 1.29 is 9.72 Å². The van der Waals surface area contributed by atoms with Crippen LogP contribution < -0.4 is 5.32 Å². The average Bonchev–Trinajstić information content (AvgIpc) is 2.62. The summed E-state index contributed by atoms with van der Waals surface area (Å²) in [5.74, 6) is -0.0591. The molecular weight excluding hydrogens is 350 g/mol. The molecule has 0 radical (unpaired) electrons. The molecule has 0 aromatic heterocycles. The van der Waals surface area contributed by atoms with Gasteiger partial charge in [-0.25, -0.2) is 0 Å². The highest BCUT2D eigenvalue weighted by Gasteiger charge is 2.19. The van der Waals surface area contributed by atoms with E-state index in [0.29, 0.717) is 6.54 Å². The van der Waals surface area contributed by atoms with Crippen LogP contribution in [0.5, 0.6) is 0 Å². The maximum Gasteiger partial charge on any atom is 0.269 e. The van der Waals surface area contributed by atoms with E-state index in [9.17, 15) is 14.9 Å². The normalized spacial score (nSPS) is 13.2. The number of nitro benzene ring substituents is 1. The van der Waals surface area contributed by atoms with Crippen molar-refractivity contribution in [3.05, 3.63) is 70.3 Å². The molecule has 26 heavy (non-hydrogen) atoms. The van der Waals surface area contributed by atoms with E-state index < -0.39 is 4.92 Å². The van der Waals surface area contributed by atoms with Gasteiger partial charge in [0.2, 0.25) is 5.91 Å². The van der Waals surface area contributed by atoms with Gasteiger partial charge in [0.05, 0.1) is 16.2 Å². The molecule has 1 amide bonds. The SMILES string of the molecule is CC(Sc1ccc([N+](=O)[O-])cc1)C(=O)NCC(c1ccccc1)N(C)C. The van der Waals surface area contributed by atoms with E-state index in [1.54, 1.807) is 12.1 Å². The molecule has 2 aromatic rings. The first-order valence-electron chi connectivity index (χ1n) is 8.28. The van der Waals surface area contributed by atoms with Crippen LogP contribution in [0.4, 0.5) is 5.69 Å². The van der Waals surface area contributed by atoms with Gasteiger partial charge in [0.1, 0.15) is 0 Å². The summed E-state index contributed by atoms with van der Waals surface area (Å²) in [7, 11) is 3.97. The molecule has 0 aliphatic rings. The number of non-ortho nitro benzene ring substituents is 1. The molecule has 0 spiro atoms. The summed E-state index contributed by atoms with van der Waals surface area (Å²) in [6.45, 7) is 2.34. The van der Waals surface area contributed by atoms with Crippen molar-refractivity contribution in [1.29, 1.82) is 0 Å². The van der Waals surface area contributed by atoms with Gasteiger partial charge in [0, 0.05) is 23.6 Å². The molecule has 0 saturated heterocycles. The number of benzene rings is 2. The van der Waals surface area contributed by atoms with Crippen LogP contribution in [0.15, 0.2) is 59.5 Å². The minimum Gasteiger partial charge on any atom is -0.353 e. The van der Waals surface area contributed by atoms with Crippen molar-refractivity contribution >= 4 is 23.4 Å². The fraction of sp³-hybridized carbons (Fsp3) is 0.316. The molecule has 7 heteroatoms.